The van der Waals surface area contributed by atoms with Crippen LogP contribution in [0.2, 0.25) is 0 Å². The number of hydrogen-bond donors (Lipinski definition) is 1. The summed E-state index contributed by atoms with van der Waals surface area (Å²) in [4.78, 5) is 11.5. The molecule has 1 amide bonds. The SMILES string of the molecule is CCCOc1ccc(C=CC(=O)NCCOC)cc1OC. The van der Waals surface area contributed by atoms with Gasteiger partial charge in [-0.2, -0.15) is 0 Å². The maximum Gasteiger partial charge on any atom is 0.244 e. The summed E-state index contributed by atoms with van der Waals surface area (Å²) in [6.07, 6.45) is 4.15. The van der Waals surface area contributed by atoms with Crippen LogP contribution in [0.3, 0.4) is 0 Å². The summed E-state index contributed by atoms with van der Waals surface area (Å²) >= 11 is 0. The average molecular weight is 293 g/mol. The summed E-state index contributed by atoms with van der Waals surface area (Å²) in [5, 5.41) is 2.72. The van der Waals surface area contributed by atoms with E-state index in [1.54, 1.807) is 20.3 Å². The molecule has 0 fully saturated rings. The molecule has 0 bridgehead atoms. The molecule has 21 heavy (non-hydrogen) atoms. The van der Waals surface area contributed by atoms with E-state index in [0.29, 0.717) is 31.3 Å². The number of nitrogens with one attached hydrogen (secondary N) is 1. The van der Waals surface area contributed by atoms with Gasteiger partial charge in [-0.3, -0.25) is 4.79 Å². The molecule has 0 aliphatic rings. The molecule has 1 rings (SSSR count). The van der Waals surface area contributed by atoms with Gasteiger partial charge in [0.25, 0.3) is 0 Å². The van der Waals surface area contributed by atoms with Crippen LogP contribution in [0.4, 0.5) is 0 Å². The molecule has 116 valence electrons. The first-order valence-corrected chi connectivity index (χ1v) is 6.97. The second-order valence-corrected chi connectivity index (χ2v) is 4.38. The summed E-state index contributed by atoms with van der Waals surface area (Å²) in [6, 6.07) is 5.56. The molecule has 0 radical (unpaired) electrons. The van der Waals surface area contributed by atoms with Crippen molar-refractivity contribution in [2.24, 2.45) is 0 Å². The Morgan fingerprint density at radius 1 is 1.24 bits per heavy atom. The standard InChI is InChI=1S/C16H23NO4/c1-4-10-21-14-7-5-13(12-15(14)20-3)6-8-16(18)17-9-11-19-2/h5-8,12H,4,9-11H2,1-3H3,(H,17,18). The lowest BCUT2D eigenvalue weighted by Gasteiger charge is -2.10. The molecule has 0 aromatic heterocycles. The van der Waals surface area contributed by atoms with Crippen LogP contribution in [0, 0.1) is 0 Å². The molecular formula is C16H23NO4. The van der Waals surface area contributed by atoms with Crippen molar-refractivity contribution in [2.75, 3.05) is 34.0 Å². The maximum atomic E-state index is 11.5. The molecule has 1 N–H and O–H groups in total. The minimum absolute atomic E-state index is 0.155. The minimum Gasteiger partial charge on any atom is -0.493 e. The van der Waals surface area contributed by atoms with Gasteiger partial charge in [0.15, 0.2) is 11.5 Å². The predicted octanol–water partition coefficient (Wildman–Crippen LogP) is 2.26. The number of amides is 1. The van der Waals surface area contributed by atoms with E-state index in [2.05, 4.69) is 5.32 Å². The first kappa shape index (κ1) is 17.0. The Hall–Kier alpha value is -2.01. The van der Waals surface area contributed by atoms with Crippen LogP contribution in [0.5, 0.6) is 11.5 Å². The van der Waals surface area contributed by atoms with Gasteiger partial charge in [-0.1, -0.05) is 13.0 Å². The lowest BCUT2D eigenvalue weighted by molar-refractivity contribution is -0.116. The van der Waals surface area contributed by atoms with Crippen LogP contribution in [0.1, 0.15) is 18.9 Å². The Kier molecular flexibility index (Phi) is 7.97. The highest BCUT2D eigenvalue weighted by Crippen LogP contribution is 2.28. The van der Waals surface area contributed by atoms with Gasteiger partial charge in [-0.15, -0.1) is 0 Å². The van der Waals surface area contributed by atoms with Crippen molar-refractivity contribution in [3.05, 3.63) is 29.8 Å². The summed E-state index contributed by atoms with van der Waals surface area (Å²) in [6.45, 7) is 3.68. The molecule has 0 heterocycles. The third-order valence-electron chi connectivity index (χ3n) is 2.68. The van der Waals surface area contributed by atoms with Crippen molar-refractivity contribution in [1.82, 2.24) is 5.32 Å². The van der Waals surface area contributed by atoms with E-state index in [1.165, 1.54) is 6.08 Å². The van der Waals surface area contributed by atoms with E-state index in [9.17, 15) is 4.79 Å². The van der Waals surface area contributed by atoms with Gasteiger partial charge in [-0.25, -0.2) is 0 Å². The van der Waals surface area contributed by atoms with Crippen molar-refractivity contribution >= 4 is 12.0 Å². The van der Waals surface area contributed by atoms with Crippen LogP contribution < -0.4 is 14.8 Å². The molecule has 0 saturated heterocycles. The highest BCUT2D eigenvalue weighted by atomic mass is 16.5. The van der Waals surface area contributed by atoms with Crippen LogP contribution in [-0.4, -0.2) is 39.9 Å². The molecule has 0 aliphatic carbocycles. The smallest absolute Gasteiger partial charge is 0.244 e. The van der Waals surface area contributed by atoms with E-state index in [4.69, 9.17) is 14.2 Å². The Balaban J connectivity index is 2.64. The number of hydrogen-bond acceptors (Lipinski definition) is 4. The Morgan fingerprint density at radius 3 is 2.71 bits per heavy atom. The zero-order chi connectivity index (χ0) is 15.5. The highest BCUT2D eigenvalue weighted by molar-refractivity contribution is 5.91. The first-order valence-electron chi connectivity index (χ1n) is 6.97. The fraction of sp³-hybridized carbons (Fsp3) is 0.438. The van der Waals surface area contributed by atoms with E-state index in [0.717, 1.165) is 12.0 Å². The van der Waals surface area contributed by atoms with E-state index in [1.807, 2.05) is 25.1 Å². The van der Waals surface area contributed by atoms with Gasteiger partial charge >= 0.3 is 0 Å². The van der Waals surface area contributed by atoms with Crippen molar-refractivity contribution in [2.45, 2.75) is 13.3 Å². The third kappa shape index (κ3) is 6.31. The van der Waals surface area contributed by atoms with Gasteiger partial charge < -0.3 is 19.5 Å². The molecule has 0 spiro atoms. The molecule has 0 saturated carbocycles. The number of rotatable bonds is 9. The molecule has 1 aromatic carbocycles. The fourth-order valence-corrected chi connectivity index (χ4v) is 1.63. The predicted molar refractivity (Wildman–Crippen MR) is 82.7 cm³/mol. The van der Waals surface area contributed by atoms with Crippen molar-refractivity contribution in [1.29, 1.82) is 0 Å². The zero-order valence-corrected chi connectivity index (χ0v) is 12.8. The van der Waals surface area contributed by atoms with Gasteiger partial charge in [0, 0.05) is 19.7 Å². The van der Waals surface area contributed by atoms with Gasteiger partial charge in [0.05, 0.1) is 20.3 Å². The molecule has 0 unspecified atom stereocenters. The highest BCUT2D eigenvalue weighted by Gasteiger charge is 2.04. The molecular weight excluding hydrogens is 270 g/mol. The number of benzene rings is 1. The van der Waals surface area contributed by atoms with Gasteiger partial charge in [0.2, 0.25) is 5.91 Å². The lowest BCUT2D eigenvalue weighted by Crippen LogP contribution is -2.24. The summed E-state index contributed by atoms with van der Waals surface area (Å²) < 4.78 is 15.7. The molecule has 0 atom stereocenters. The summed E-state index contributed by atoms with van der Waals surface area (Å²) in [5.41, 5.74) is 0.873. The monoisotopic (exact) mass is 293 g/mol. The topological polar surface area (TPSA) is 56.8 Å². The largest absolute Gasteiger partial charge is 0.493 e. The average Bonchev–Trinajstić information content (AvgIpc) is 2.51. The Morgan fingerprint density at radius 2 is 2.05 bits per heavy atom. The van der Waals surface area contributed by atoms with Gasteiger partial charge in [0.1, 0.15) is 0 Å². The second kappa shape index (κ2) is 9.83. The van der Waals surface area contributed by atoms with Crippen LogP contribution in [0.25, 0.3) is 6.08 Å². The van der Waals surface area contributed by atoms with Crippen LogP contribution in [-0.2, 0) is 9.53 Å². The fourth-order valence-electron chi connectivity index (χ4n) is 1.63. The maximum absolute atomic E-state index is 11.5. The van der Waals surface area contributed by atoms with E-state index < -0.39 is 0 Å². The zero-order valence-electron chi connectivity index (χ0n) is 12.8. The van der Waals surface area contributed by atoms with Crippen LogP contribution in [0.15, 0.2) is 24.3 Å². The molecule has 5 nitrogen and oxygen atoms in total. The Bertz CT molecular complexity index is 471. The number of ether oxygens (including phenoxy) is 3. The van der Waals surface area contributed by atoms with Gasteiger partial charge in [-0.05, 0) is 30.2 Å². The Labute approximate surface area is 125 Å². The number of carbonyl (C=O) groups is 1. The molecule has 5 heteroatoms. The first-order chi connectivity index (χ1) is 10.2. The normalized spacial score (nSPS) is 10.6. The molecule has 0 aliphatic heterocycles. The summed E-state index contributed by atoms with van der Waals surface area (Å²) in [5.74, 6) is 1.21. The third-order valence-corrected chi connectivity index (χ3v) is 2.68. The van der Waals surface area contributed by atoms with E-state index >= 15 is 0 Å². The molecule has 1 aromatic rings. The lowest BCUT2D eigenvalue weighted by atomic mass is 10.2. The minimum atomic E-state index is -0.155. The number of methoxy groups -OCH3 is 2. The summed E-state index contributed by atoms with van der Waals surface area (Å²) in [7, 11) is 3.19. The van der Waals surface area contributed by atoms with E-state index in [-0.39, 0.29) is 5.91 Å². The second-order valence-electron chi connectivity index (χ2n) is 4.38. The quantitative estimate of drug-likeness (QED) is 0.560. The number of carbonyl (C=O) groups excluding carboxylic acids is 1. The van der Waals surface area contributed by atoms with Crippen molar-refractivity contribution in [3.63, 3.8) is 0 Å². The van der Waals surface area contributed by atoms with Crippen molar-refractivity contribution in [3.8, 4) is 11.5 Å². The van der Waals surface area contributed by atoms with Crippen molar-refractivity contribution < 1.29 is 19.0 Å². The van der Waals surface area contributed by atoms with Crippen LogP contribution >= 0.6 is 0 Å².